The summed E-state index contributed by atoms with van der Waals surface area (Å²) in [7, 11) is -3.50. The normalized spacial score (nSPS) is 15.4. The van der Waals surface area contributed by atoms with Gasteiger partial charge < -0.3 is 9.64 Å². The number of aryl methyl sites for hydroxylation is 1. The van der Waals surface area contributed by atoms with Gasteiger partial charge in [0.2, 0.25) is 15.9 Å². The Morgan fingerprint density at radius 1 is 0.964 bits per heavy atom. The summed E-state index contributed by atoms with van der Waals surface area (Å²) in [5.74, 6) is 0.861. The number of para-hydroxylation sites is 1. The molecular formula is C21H26N2O4S. The molecule has 0 spiro atoms. The fourth-order valence-corrected chi connectivity index (χ4v) is 4.77. The zero-order valence-electron chi connectivity index (χ0n) is 16.1. The van der Waals surface area contributed by atoms with Gasteiger partial charge in [-0.25, -0.2) is 8.42 Å². The van der Waals surface area contributed by atoms with Gasteiger partial charge in [-0.3, -0.25) is 4.79 Å². The van der Waals surface area contributed by atoms with Crippen molar-refractivity contribution in [2.75, 3.05) is 32.8 Å². The molecule has 2 aromatic rings. The SMILES string of the molecule is CCOc1ccccc1CCC(=O)N1CCN(S(=O)(=O)c2ccccc2)CC1. The van der Waals surface area contributed by atoms with Crippen molar-refractivity contribution in [3.05, 3.63) is 60.2 Å². The summed E-state index contributed by atoms with van der Waals surface area (Å²) >= 11 is 0. The molecule has 0 atom stereocenters. The maximum Gasteiger partial charge on any atom is 0.243 e. The third kappa shape index (κ3) is 4.72. The number of benzene rings is 2. The van der Waals surface area contributed by atoms with E-state index in [1.54, 1.807) is 35.2 Å². The topological polar surface area (TPSA) is 66.9 Å². The summed E-state index contributed by atoms with van der Waals surface area (Å²) < 4.78 is 32.4. The fourth-order valence-electron chi connectivity index (χ4n) is 3.33. The Balaban J connectivity index is 1.54. The minimum absolute atomic E-state index is 0.0445. The maximum atomic E-state index is 12.7. The van der Waals surface area contributed by atoms with E-state index in [2.05, 4.69) is 0 Å². The lowest BCUT2D eigenvalue weighted by Crippen LogP contribution is -2.50. The molecule has 0 N–H and O–H groups in total. The van der Waals surface area contributed by atoms with E-state index in [0.717, 1.165) is 11.3 Å². The molecule has 0 saturated carbocycles. The Morgan fingerprint density at radius 3 is 2.29 bits per heavy atom. The van der Waals surface area contributed by atoms with Gasteiger partial charge in [0, 0.05) is 32.6 Å². The Bertz CT molecular complexity index is 892. The summed E-state index contributed by atoms with van der Waals surface area (Å²) in [4.78, 5) is 14.6. The maximum absolute atomic E-state index is 12.7. The molecule has 0 radical (unpaired) electrons. The van der Waals surface area contributed by atoms with E-state index in [1.807, 2.05) is 31.2 Å². The van der Waals surface area contributed by atoms with Crippen LogP contribution < -0.4 is 4.74 Å². The van der Waals surface area contributed by atoms with E-state index >= 15 is 0 Å². The van der Waals surface area contributed by atoms with Crippen LogP contribution in [-0.4, -0.2) is 56.3 Å². The average Bonchev–Trinajstić information content (AvgIpc) is 2.74. The van der Waals surface area contributed by atoms with Crippen LogP contribution in [0.4, 0.5) is 0 Å². The van der Waals surface area contributed by atoms with Gasteiger partial charge in [0.1, 0.15) is 5.75 Å². The molecule has 1 fully saturated rings. The van der Waals surface area contributed by atoms with Crippen molar-refractivity contribution in [1.82, 2.24) is 9.21 Å². The number of piperazine rings is 1. The monoisotopic (exact) mass is 402 g/mol. The first-order valence-corrected chi connectivity index (χ1v) is 11.0. The summed E-state index contributed by atoms with van der Waals surface area (Å²) in [6.45, 7) is 3.99. The van der Waals surface area contributed by atoms with Gasteiger partial charge in [-0.15, -0.1) is 0 Å². The third-order valence-corrected chi connectivity index (χ3v) is 6.77. The van der Waals surface area contributed by atoms with Gasteiger partial charge in [0.15, 0.2) is 0 Å². The molecule has 28 heavy (non-hydrogen) atoms. The number of rotatable bonds is 7. The van der Waals surface area contributed by atoms with E-state index in [0.29, 0.717) is 50.5 Å². The molecule has 6 nitrogen and oxygen atoms in total. The molecular weight excluding hydrogens is 376 g/mol. The fraction of sp³-hybridized carbons (Fsp3) is 0.381. The Labute approximate surface area is 166 Å². The predicted octanol–water partition coefficient (Wildman–Crippen LogP) is 2.55. The lowest BCUT2D eigenvalue weighted by Gasteiger charge is -2.34. The Kier molecular flexibility index (Phi) is 6.70. The molecule has 0 unspecified atom stereocenters. The number of carbonyl (C=O) groups excluding carboxylic acids is 1. The molecule has 1 heterocycles. The number of carbonyl (C=O) groups is 1. The van der Waals surface area contributed by atoms with Crippen LogP contribution in [0.15, 0.2) is 59.5 Å². The largest absolute Gasteiger partial charge is 0.494 e. The minimum Gasteiger partial charge on any atom is -0.494 e. The number of nitrogens with zero attached hydrogens (tertiary/aromatic N) is 2. The second-order valence-electron chi connectivity index (χ2n) is 6.64. The highest BCUT2D eigenvalue weighted by Crippen LogP contribution is 2.21. The molecule has 1 saturated heterocycles. The smallest absolute Gasteiger partial charge is 0.243 e. The molecule has 7 heteroatoms. The molecule has 150 valence electrons. The highest BCUT2D eigenvalue weighted by atomic mass is 32.2. The van der Waals surface area contributed by atoms with Gasteiger partial charge in [-0.05, 0) is 37.1 Å². The van der Waals surface area contributed by atoms with Gasteiger partial charge in [0.05, 0.1) is 11.5 Å². The predicted molar refractivity (Wildman–Crippen MR) is 108 cm³/mol. The zero-order valence-corrected chi connectivity index (χ0v) is 16.9. The highest BCUT2D eigenvalue weighted by Gasteiger charge is 2.29. The quantitative estimate of drug-likeness (QED) is 0.714. The van der Waals surface area contributed by atoms with Crippen molar-refractivity contribution in [2.24, 2.45) is 0 Å². The zero-order chi connectivity index (χ0) is 20.0. The molecule has 2 aromatic carbocycles. The lowest BCUT2D eigenvalue weighted by atomic mass is 10.1. The third-order valence-electron chi connectivity index (χ3n) is 4.85. The van der Waals surface area contributed by atoms with E-state index in [-0.39, 0.29) is 5.91 Å². The molecule has 0 aliphatic carbocycles. The molecule has 0 aromatic heterocycles. The Morgan fingerprint density at radius 2 is 1.61 bits per heavy atom. The van der Waals surface area contributed by atoms with Crippen LogP contribution in [0.5, 0.6) is 5.75 Å². The molecule has 1 amide bonds. The summed E-state index contributed by atoms with van der Waals surface area (Å²) in [6, 6.07) is 16.2. The number of hydrogen-bond acceptors (Lipinski definition) is 4. The molecule has 1 aliphatic rings. The van der Waals surface area contributed by atoms with Crippen LogP contribution in [0.3, 0.4) is 0 Å². The van der Waals surface area contributed by atoms with Crippen LogP contribution in [0.2, 0.25) is 0 Å². The minimum atomic E-state index is -3.50. The van der Waals surface area contributed by atoms with Crippen LogP contribution >= 0.6 is 0 Å². The second kappa shape index (κ2) is 9.21. The van der Waals surface area contributed by atoms with Gasteiger partial charge in [-0.1, -0.05) is 36.4 Å². The number of ether oxygens (including phenoxy) is 1. The van der Waals surface area contributed by atoms with E-state index < -0.39 is 10.0 Å². The van der Waals surface area contributed by atoms with Gasteiger partial charge in [0.25, 0.3) is 0 Å². The molecule has 0 bridgehead atoms. The highest BCUT2D eigenvalue weighted by molar-refractivity contribution is 7.89. The molecule has 1 aliphatic heterocycles. The summed E-state index contributed by atoms with van der Waals surface area (Å²) in [5, 5.41) is 0. The van der Waals surface area contributed by atoms with E-state index in [4.69, 9.17) is 4.74 Å². The lowest BCUT2D eigenvalue weighted by molar-refractivity contribution is -0.132. The average molecular weight is 403 g/mol. The standard InChI is InChI=1S/C21H26N2O4S/c1-2-27-20-11-7-6-8-18(20)12-13-21(24)22-14-16-23(17-15-22)28(25,26)19-9-4-3-5-10-19/h3-11H,2,12-17H2,1H3. The first-order valence-electron chi connectivity index (χ1n) is 9.56. The van der Waals surface area contributed by atoms with Crippen molar-refractivity contribution in [1.29, 1.82) is 0 Å². The van der Waals surface area contributed by atoms with Crippen molar-refractivity contribution < 1.29 is 17.9 Å². The number of amides is 1. The van der Waals surface area contributed by atoms with Gasteiger partial charge >= 0.3 is 0 Å². The number of hydrogen-bond donors (Lipinski definition) is 0. The van der Waals surface area contributed by atoms with Gasteiger partial charge in [-0.2, -0.15) is 4.31 Å². The first-order chi connectivity index (χ1) is 13.5. The first kappa shape index (κ1) is 20.4. The van der Waals surface area contributed by atoms with Crippen LogP contribution in [-0.2, 0) is 21.2 Å². The van der Waals surface area contributed by atoms with Crippen LogP contribution in [0, 0.1) is 0 Å². The Hall–Kier alpha value is -2.38. The van der Waals surface area contributed by atoms with Crippen LogP contribution in [0.25, 0.3) is 0 Å². The molecule has 3 rings (SSSR count). The van der Waals surface area contributed by atoms with Crippen molar-refractivity contribution in [2.45, 2.75) is 24.7 Å². The summed E-state index contributed by atoms with van der Waals surface area (Å²) in [5.41, 5.74) is 1.02. The second-order valence-corrected chi connectivity index (χ2v) is 8.58. The summed E-state index contributed by atoms with van der Waals surface area (Å²) in [6.07, 6.45) is 0.993. The van der Waals surface area contributed by atoms with E-state index in [9.17, 15) is 13.2 Å². The van der Waals surface area contributed by atoms with Crippen molar-refractivity contribution in [3.63, 3.8) is 0 Å². The van der Waals surface area contributed by atoms with Crippen molar-refractivity contribution >= 4 is 15.9 Å². The van der Waals surface area contributed by atoms with E-state index in [1.165, 1.54) is 4.31 Å². The van der Waals surface area contributed by atoms with Crippen molar-refractivity contribution in [3.8, 4) is 5.75 Å². The van der Waals surface area contributed by atoms with Crippen LogP contribution in [0.1, 0.15) is 18.9 Å². The number of sulfonamides is 1.